The van der Waals surface area contributed by atoms with Crippen LogP contribution in [0.1, 0.15) is 16.4 Å². The molecule has 1 aliphatic rings. The fourth-order valence-electron chi connectivity index (χ4n) is 3.68. The minimum Gasteiger partial charge on any atom is -0.481 e. The highest BCUT2D eigenvalue weighted by atomic mass is 32.2. The van der Waals surface area contributed by atoms with E-state index in [1.165, 1.54) is 11.1 Å². The molecule has 31 heavy (non-hydrogen) atoms. The maximum atomic E-state index is 10.9. The number of aliphatic carboxylic acids is 1. The number of carboxylic acid groups (broad SMARTS) is 1. The highest BCUT2D eigenvalue weighted by Crippen LogP contribution is 2.42. The molecule has 1 heterocycles. The van der Waals surface area contributed by atoms with Gasteiger partial charge in [0.2, 0.25) is 0 Å². The van der Waals surface area contributed by atoms with Gasteiger partial charge < -0.3 is 14.7 Å². The minimum absolute atomic E-state index is 0.297. The van der Waals surface area contributed by atoms with Crippen LogP contribution in [-0.2, 0) is 4.79 Å². The van der Waals surface area contributed by atoms with E-state index in [0.29, 0.717) is 11.0 Å². The Morgan fingerprint density at radius 1 is 1.00 bits per heavy atom. The lowest BCUT2D eigenvalue weighted by Crippen LogP contribution is -2.31. The molecule has 0 atom stereocenters. The molecule has 3 aromatic carbocycles. The summed E-state index contributed by atoms with van der Waals surface area (Å²) in [5.74, 6) is 1.65. The Hall–Kier alpha value is -2.57. The Kier molecular flexibility index (Phi) is 7.43. The van der Waals surface area contributed by atoms with Gasteiger partial charge in [-0.05, 0) is 23.3 Å². The number of anilines is 1. The van der Waals surface area contributed by atoms with Crippen molar-refractivity contribution in [2.45, 2.75) is 10.1 Å². The van der Waals surface area contributed by atoms with Gasteiger partial charge >= 0.3 is 5.97 Å². The summed E-state index contributed by atoms with van der Waals surface area (Å²) in [6.45, 7) is 1.58. The van der Waals surface area contributed by atoms with Crippen molar-refractivity contribution in [1.29, 1.82) is 0 Å². The number of carboxylic acids is 1. The third kappa shape index (κ3) is 5.57. The number of hydrogen-bond acceptors (Lipinski definition) is 5. The number of carbonyl (C=O) groups is 1. The van der Waals surface area contributed by atoms with Crippen molar-refractivity contribution >= 4 is 35.2 Å². The highest BCUT2D eigenvalue weighted by molar-refractivity contribution is 8.00. The number of rotatable bonds is 9. The van der Waals surface area contributed by atoms with Gasteiger partial charge in [0.15, 0.2) is 6.61 Å². The lowest BCUT2D eigenvalue weighted by Gasteiger charge is -2.32. The van der Waals surface area contributed by atoms with Crippen LogP contribution in [0.2, 0.25) is 0 Å². The van der Waals surface area contributed by atoms with Crippen LogP contribution in [0.5, 0.6) is 5.75 Å². The van der Waals surface area contributed by atoms with Gasteiger partial charge in [0.25, 0.3) is 0 Å². The maximum Gasteiger partial charge on any atom is 0.341 e. The number of ether oxygens (including phenoxy) is 1. The van der Waals surface area contributed by atoms with Gasteiger partial charge in [-0.25, -0.2) is 4.79 Å². The van der Waals surface area contributed by atoms with Crippen molar-refractivity contribution in [3.8, 4) is 5.75 Å². The van der Waals surface area contributed by atoms with Crippen molar-refractivity contribution in [3.63, 3.8) is 0 Å². The van der Waals surface area contributed by atoms with Gasteiger partial charge in [0.1, 0.15) is 5.75 Å². The van der Waals surface area contributed by atoms with Crippen molar-refractivity contribution in [2.75, 3.05) is 36.1 Å². The van der Waals surface area contributed by atoms with Crippen LogP contribution in [0.15, 0.2) is 83.8 Å². The van der Waals surface area contributed by atoms with Crippen LogP contribution in [-0.4, -0.2) is 42.3 Å². The predicted molar refractivity (Wildman–Crippen MR) is 130 cm³/mol. The Labute approximate surface area is 191 Å². The average Bonchev–Trinajstić information content (AvgIpc) is 2.81. The standard InChI is InChI=1S/C25H25NO3S2/c27-23(28)18-29-22-13-7-12-21-25(22)31-17-15-26(21)14-16-30-24(19-8-3-1-4-9-19)20-10-5-2-6-11-20/h1-13,24H,14-18H2,(H,27,28). The third-order valence-corrected chi connectivity index (χ3v) is 7.49. The summed E-state index contributed by atoms with van der Waals surface area (Å²) in [4.78, 5) is 14.3. The summed E-state index contributed by atoms with van der Waals surface area (Å²) in [6, 6.07) is 27.2. The van der Waals surface area contributed by atoms with Crippen LogP contribution < -0.4 is 9.64 Å². The summed E-state index contributed by atoms with van der Waals surface area (Å²) in [5.41, 5.74) is 3.77. The highest BCUT2D eigenvalue weighted by Gasteiger charge is 2.22. The molecule has 4 nitrogen and oxygen atoms in total. The van der Waals surface area contributed by atoms with Crippen molar-refractivity contribution in [3.05, 3.63) is 90.0 Å². The number of fused-ring (bicyclic) bond motifs is 1. The first-order valence-electron chi connectivity index (χ1n) is 10.3. The van der Waals surface area contributed by atoms with E-state index >= 15 is 0 Å². The van der Waals surface area contributed by atoms with Crippen LogP contribution >= 0.6 is 23.5 Å². The molecule has 0 bridgehead atoms. The first-order chi connectivity index (χ1) is 15.2. The first kappa shape index (κ1) is 21.7. The summed E-state index contributed by atoms with van der Waals surface area (Å²) in [6.07, 6.45) is 0. The van der Waals surface area contributed by atoms with E-state index in [4.69, 9.17) is 9.84 Å². The van der Waals surface area contributed by atoms with Crippen LogP contribution in [0, 0.1) is 0 Å². The number of benzene rings is 3. The number of hydrogen-bond donors (Lipinski definition) is 1. The van der Waals surface area contributed by atoms with Gasteiger partial charge in [-0.1, -0.05) is 66.7 Å². The molecule has 0 fully saturated rings. The number of thioether (sulfide) groups is 2. The molecule has 1 aliphatic heterocycles. The quantitative estimate of drug-likeness (QED) is 0.458. The van der Waals surface area contributed by atoms with Crippen molar-refractivity contribution < 1.29 is 14.6 Å². The Morgan fingerprint density at radius 2 is 1.68 bits per heavy atom. The fraction of sp³-hybridized carbons (Fsp3) is 0.240. The van der Waals surface area contributed by atoms with Crippen LogP contribution in [0.3, 0.4) is 0 Å². The summed E-state index contributed by atoms with van der Waals surface area (Å²) in [7, 11) is 0. The molecule has 0 aliphatic carbocycles. The molecule has 6 heteroatoms. The molecule has 0 amide bonds. The Morgan fingerprint density at radius 3 is 2.32 bits per heavy atom. The molecule has 0 radical (unpaired) electrons. The first-order valence-corrected chi connectivity index (χ1v) is 12.3. The average molecular weight is 452 g/mol. The van der Waals surface area contributed by atoms with E-state index in [9.17, 15) is 4.79 Å². The van der Waals surface area contributed by atoms with Gasteiger partial charge in [0.05, 0.1) is 15.8 Å². The topological polar surface area (TPSA) is 49.8 Å². The zero-order valence-electron chi connectivity index (χ0n) is 17.1. The second kappa shape index (κ2) is 10.6. The molecule has 0 aromatic heterocycles. The van der Waals surface area contributed by atoms with E-state index < -0.39 is 5.97 Å². The second-order valence-electron chi connectivity index (χ2n) is 7.19. The molecule has 3 aromatic rings. The van der Waals surface area contributed by atoms with Gasteiger partial charge in [-0.3, -0.25) is 0 Å². The lowest BCUT2D eigenvalue weighted by molar-refractivity contribution is -0.139. The van der Waals surface area contributed by atoms with Crippen molar-refractivity contribution in [1.82, 2.24) is 0 Å². The van der Waals surface area contributed by atoms with Gasteiger partial charge in [0, 0.05) is 24.6 Å². The van der Waals surface area contributed by atoms with E-state index in [1.54, 1.807) is 11.8 Å². The van der Waals surface area contributed by atoms with Gasteiger partial charge in [-0.2, -0.15) is 0 Å². The predicted octanol–water partition coefficient (Wildman–Crippen LogP) is 5.58. The Bertz CT molecular complexity index is 959. The molecular weight excluding hydrogens is 426 g/mol. The summed E-state index contributed by atoms with van der Waals surface area (Å²) >= 11 is 3.69. The fourth-order valence-corrected chi connectivity index (χ4v) is 6.07. The third-order valence-electron chi connectivity index (χ3n) is 5.11. The van der Waals surface area contributed by atoms with E-state index in [1.807, 2.05) is 23.9 Å². The van der Waals surface area contributed by atoms with E-state index in [-0.39, 0.29) is 6.61 Å². The van der Waals surface area contributed by atoms with Crippen LogP contribution in [0.25, 0.3) is 0 Å². The van der Waals surface area contributed by atoms with E-state index in [0.717, 1.165) is 35.2 Å². The summed E-state index contributed by atoms with van der Waals surface area (Å²) in [5, 5.41) is 9.24. The molecule has 4 rings (SSSR count). The number of nitrogens with zero attached hydrogens (tertiary/aromatic N) is 1. The maximum absolute atomic E-state index is 10.9. The molecule has 160 valence electrons. The molecule has 0 spiro atoms. The normalized spacial score (nSPS) is 13.1. The molecule has 1 N–H and O–H groups in total. The summed E-state index contributed by atoms with van der Waals surface area (Å²) < 4.78 is 5.52. The molecular formula is C25H25NO3S2. The molecule has 0 saturated heterocycles. The minimum atomic E-state index is -0.959. The largest absolute Gasteiger partial charge is 0.481 e. The Balaban J connectivity index is 1.46. The van der Waals surface area contributed by atoms with E-state index in [2.05, 4.69) is 71.6 Å². The zero-order valence-corrected chi connectivity index (χ0v) is 18.8. The lowest BCUT2D eigenvalue weighted by atomic mass is 10.0. The smallest absolute Gasteiger partial charge is 0.341 e. The molecule has 0 unspecified atom stereocenters. The van der Waals surface area contributed by atoms with Crippen LogP contribution in [0.4, 0.5) is 5.69 Å². The van der Waals surface area contributed by atoms with Crippen molar-refractivity contribution in [2.24, 2.45) is 0 Å². The monoisotopic (exact) mass is 451 g/mol. The molecule has 0 saturated carbocycles. The SMILES string of the molecule is O=C(O)COc1cccc2c1SCCN2CCSC(c1ccccc1)c1ccccc1. The van der Waals surface area contributed by atoms with Gasteiger partial charge in [-0.15, -0.1) is 23.5 Å². The second-order valence-corrected chi connectivity index (χ2v) is 9.51. The zero-order chi connectivity index (χ0) is 21.5.